The highest BCUT2D eigenvalue weighted by Crippen LogP contribution is 2.43. The lowest BCUT2D eigenvalue weighted by Gasteiger charge is -2.47. The van der Waals surface area contributed by atoms with E-state index < -0.39 is 47.0 Å². The van der Waals surface area contributed by atoms with E-state index in [-0.39, 0.29) is 48.0 Å². The van der Waals surface area contributed by atoms with Crippen molar-refractivity contribution in [3.8, 4) is 11.3 Å². The highest BCUT2D eigenvalue weighted by molar-refractivity contribution is 7.97. The number of ether oxygens (including phenoxy) is 1. The number of nitrogens with zero attached hydrogens (tertiary/aromatic N) is 11. The number of imide groups is 2. The third kappa shape index (κ3) is 11.6. The quantitative estimate of drug-likeness (QED) is 0.0748. The zero-order valence-electron chi connectivity index (χ0n) is 39.5. The van der Waals surface area contributed by atoms with E-state index >= 15 is 0 Å². The van der Waals surface area contributed by atoms with Crippen molar-refractivity contribution in [3.63, 3.8) is 0 Å². The van der Waals surface area contributed by atoms with Gasteiger partial charge in [-0.1, -0.05) is 17.2 Å². The normalized spacial score (nSPS) is 20.7. The van der Waals surface area contributed by atoms with Gasteiger partial charge in [-0.05, 0) is 102 Å². The van der Waals surface area contributed by atoms with Crippen LogP contribution in [0.3, 0.4) is 0 Å². The number of aromatic nitrogens is 7. The summed E-state index contributed by atoms with van der Waals surface area (Å²) in [6.07, 6.45) is 7.87. The molecule has 4 aromatic rings. The number of amides is 4. The van der Waals surface area contributed by atoms with E-state index in [1.165, 1.54) is 17.1 Å². The van der Waals surface area contributed by atoms with Crippen molar-refractivity contribution >= 4 is 47.2 Å². The molecule has 8 heterocycles. The molecule has 1 unspecified atom stereocenters. The highest BCUT2D eigenvalue weighted by atomic mass is 32.2. The highest BCUT2D eigenvalue weighted by Gasteiger charge is 2.45. The lowest BCUT2D eigenvalue weighted by Crippen LogP contribution is -2.54. The van der Waals surface area contributed by atoms with Crippen LogP contribution in [0.2, 0.25) is 0 Å². The number of rotatable bonds is 17. The lowest BCUT2D eigenvalue weighted by molar-refractivity contribution is -0.138. The molecule has 3 aromatic heterocycles. The van der Waals surface area contributed by atoms with Crippen molar-refractivity contribution in [1.82, 2.24) is 54.2 Å². The maximum atomic E-state index is 13.9. The zero-order valence-corrected chi connectivity index (χ0v) is 40.3. The molecule has 0 aliphatic carbocycles. The van der Waals surface area contributed by atoms with Crippen molar-refractivity contribution < 1.29 is 42.2 Å². The van der Waals surface area contributed by atoms with Crippen LogP contribution in [0.4, 0.5) is 24.8 Å². The van der Waals surface area contributed by atoms with Crippen LogP contribution in [0.5, 0.6) is 0 Å². The fourth-order valence-electron chi connectivity index (χ4n) is 10.1. The number of halogens is 3. The first-order valence-electron chi connectivity index (χ1n) is 24.1. The van der Waals surface area contributed by atoms with Gasteiger partial charge in [0, 0.05) is 81.2 Å². The van der Waals surface area contributed by atoms with Gasteiger partial charge in [0.05, 0.1) is 54.5 Å². The van der Waals surface area contributed by atoms with E-state index in [0.717, 1.165) is 126 Å². The number of piperidine rings is 4. The number of benzene rings is 1. The minimum absolute atomic E-state index is 0.0134. The largest absolute Gasteiger partial charge is 0.419 e. The topological polar surface area (TPSA) is 209 Å². The van der Waals surface area contributed by atoms with Crippen molar-refractivity contribution in [2.24, 2.45) is 5.41 Å². The number of aliphatic hydroxyl groups is 1. The van der Waals surface area contributed by atoms with Gasteiger partial charge in [0.25, 0.3) is 11.8 Å². The summed E-state index contributed by atoms with van der Waals surface area (Å²) >= 11 is 1.77. The predicted molar refractivity (Wildman–Crippen MR) is 252 cm³/mol. The second kappa shape index (κ2) is 20.7. The number of carbonyl (C=O) groups excluding carboxylic acids is 4. The summed E-state index contributed by atoms with van der Waals surface area (Å²) in [6, 6.07) is 4.40. The molecule has 3 N–H and O–H groups in total. The standard InChI is InChI=1S/C47H60F3N13O6S/c1-45(2,68)30-61-27-31(25-52-61)40-37(47(48,49)50)26-51-44(55-40)53-32-8-14-62(15-9-32)70-23-3-22-69-29-33-28-60(57-56-33)21-20-58-16-10-46(11-17-58)12-18-59(19-13-46)34-4-5-35-36(24-34)43(67)63(42(35)66)38-6-7-39(64)54-41(38)65/h4-5,24-28,32,38,68H,3,6-23,29-30H2,1-2H3,(H,51,53,55)(H,54,64,65). The van der Waals surface area contributed by atoms with Crippen molar-refractivity contribution in [2.75, 3.05) is 68.4 Å². The molecular weight excluding hydrogens is 932 g/mol. The van der Waals surface area contributed by atoms with Crippen LogP contribution in [0.25, 0.3) is 11.3 Å². The molecule has 4 fully saturated rings. The third-order valence-electron chi connectivity index (χ3n) is 14.1. The number of likely N-dealkylation sites (tertiary alicyclic amines) is 1. The van der Waals surface area contributed by atoms with Crippen molar-refractivity contribution in [3.05, 3.63) is 65.4 Å². The molecule has 5 aliphatic rings. The minimum Gasteiger partial charge on any atom is -0.389 e. The van der Waals surface area contributed by atoms with Crippen LogP contribution >= 0.6 is 11.9 Å². The van der Waals surface area contributed by atoms with E-state index in [0.29, 0.717) is 24.3 Å². The van der Waals surface area contributed by atoms with E-state index in [4.69, 9.17) is 4.74 Å². The van der Waals surface area contributed by atoms with Crippen LogP contribution in [0, 0.1) is 5.41 Å². The first kappa shape index (κ1) is 49.5. The van der Waals surface area contributed by atoms with Gasteiger partial charge < -0.3 is 25.0 Å². The second-order valence-corrected chi connectivity index (χ2v) is 20.9. The maximum Gasteiger partial charge on any atom is 0.419 e. The van der Waals surface area contributed by atoms with Crippen LogP contribution in [-0.4, -0.2) is 153 Å². The molecule has 9 rings (SSSR count). The van der Waals surface area contributed by atoms with Gasteiger partial charge in [-0.25, -0.2) is 9.97 Å². The SMILES string of the molecule is CC(C)(O)Cn1cc(-c2nc(NC3CCN(SCCCOCc4cn(CCN5CCC6(CC5)CCN(c5ccc7c(c5)C(=O)N(C5CCC(=O)NC5=O)C7=O)CC6)nn4)CC3)ncc2C(F)(F)F)cn1. The Morgan fingerprint density at radius 1 is 0.914 bits per heavy atom. The summed E-state index contributed by atoms with van der Waals surface area (Å²) < 4.78 is 53.3. The Morgan fingerprint density at radius 3 is 2.39 bits per heavy atom. The van der Waals surface area contributed by atoms with E-state index in [1.54, 1.807) is 37.9 Å². The Hall–Kier alpha value is -5.49. The lowest BCUT2D eigenvalue weighted by atomic mass is 9.71. The zero-order chi connectivity index (χ0) is 49.2. The molecule has 19 nitrogen and oxygen atoms in total. The van der Waals surface area contributed by atoms with Crippen LogP contribution in [0.1, 0.15) is 104 Å². The summed E-state index contributed by atoms with van der Waals surface area (Å²) in [5.41, 5.74) is 0.482. The average molecular weight is 992 g/mol. The van der Waals surface area contributed by atoms with Gasteiger partial charge in [0.15, 0.2) is 0 Å². The Morgan fingerprint density at radius 2 is 1.66 bits per heavy atom. The smallest absolute Gasteiger partial charge is 0.389 e. The fraction of sp³-hybridized carbons (Fsp3) is 0.596. The van der Waals surface area contributed by atoms with Gasteiger partial charge in [0.1, 0.15) is 17.3 Å². The number of hydrogen-bond donors (Lipinski definition) is 3. The molecule has 1 atom stereocenters. The van der Waals surface area contributed by atoms with Gasteiger partial charge in [0.2, 0.25) is 17.8 Å². The van der Waals surface area contributed by atoms with Crippen LogP contribution in [0.15, 0.2) is 43.0 Å². The molecule has 0 bridgehead atoms. The molecule has 0 saturated carbocycles. The summed E-state index contributed by atoms with van der Waals surface area (Å²) in [6.45, 7) is 11.3. The molecule has 23 heteroatoms. The fourth-order valence-corrected chi connectivity index (χ4v) is 11.1. The summed E-state index contributed by atoms with van der Waals surface area (Å²) in [4.78, 5) is 64.7. The van der Waals surface area contributed by atoms with Crippen molar-refractivity contribution in [1.29, 1.82) is 0 Å². The van der Waals surface area contributed by atoms with Crippen LogP contribution in [-0.2, 0) is 40.2 Å². The average Bonchev–Trinajstić information content (AvgIpc) is 4.05. The first-order chi connectivity index (χ1) is 33.5. The monoisotopic (exact) mass is 991 g/mol. The first-order valence-corrected chi connectivity index (χ1v) is 25.1. The number of carbonyl (C=O) groups is 4. The maximum absolute atomic E-state index is 13.9. The Bertz CT molecular complexity index is 2540. The van der Waals surface area contributed by atoms with Gasteiger partial charge >= 0.3 is 6.18 Å². The molecular formula is C47H60F3N13O6S. The number of fused-ring (bicyclic) bond motifs is 1. The summed E-state index contributed by atoms with van der Waals surface area (Å²) in [7, 11) is 0. The van der Waals surface area contributed by atoms with E-state index in [1.807, 2.05) is 16.9 Å². The molecule has 5 aliphatic heterocycles. The molecule has 1 spiro atoms. The number of hydrogen-bond acceptors (Lipinski definition) is 16. The van der Waals surface area contributed by atoms with Crippen molar-refractivity contribution in [2.45, 2.75) is 115 Å². The Labute approximate surface area is 408 Å². The summed E-state index contributed by atoms with van der Waals surface area (Å²) in [5, 5.41) is 28.4. The number of alkyl halides is 3. The van der Waals surface area contributed by atoms with Gasteiger partial charge in [-0.2, -0.15) is 18.3 Å². The molecule has 1 aromatic carbocycles. The predicted octanol–water partition coefficient (Wildman–Crippen LogP) is 4.64. The van der Waals surface area contributed by atoms with Crippen LogP contribution < -0.4 is 15.5 Å². The molecule has 70 heavy (non-hydrogen) atoms. The molecule has 4 saturated heterocycles. The van der Waals surface area contributed by atoms with Gasteiger partial charge in [-0.15, -0.1) is 5.10 Å². The third-order valence-corrected chi connectivity index (χ3v) is 15.3. The molecule has 4 amide bonds. The number of anilines is 2. The van der Waals surface area contributed by atoms with E-state index in [2.05, 4.69) is 50.1 Å². The molecule has 376 valence electrons. The molecule has 0 radical (unpaired) electrons. The Balaban J connectivity index is 0.636. The number of nitrogens with one attached hydrogen (secondary N) is 2. The minimum atomic E-state index is -4.65. The second-order valence-electron chi connectivity index (χ2n) is 19.8. The van der Waals surface area contributed by atoms with E-state index in [9.17, 15) is 37.5 Å². The van der Waals surface area contributed by atoms with Gasteiger partial charge in [-0.3, -0.25) is 43.1 Å². The summed E-state index contributed by atoms with van der Waals surface area (Å²) in [5.74, 6) is -0.959. The Kier molecular flexibility index (Phi) is 14.6.